The van der Waals surface area contributed by atoms with Crippen molar-refractivity contribution < 1.29 is 48.6 Å². The summed E-state index contributed by atoms with van der Waals surface area (Å²) in [5.41, 5.74) is -1.09. The second kappa shape index (κ2) is 20.5. The lowest BCUT2D eigenvalue weighted by molar-refractivity contribution is -0.317. The summed E-state index contributed by atoms with van der Waals surface area (Å²) < 4.78 is 31.9. The van der Waals surface area contributed by atoms with Gasteiger partial charge in [-0.25, -0.2) is 4.79 Å². The standard InChI is InChI=1S/C45H69ClN4O10/c1-26-22-44(6,55)40(60-42-37(51)35(49(8)9)20-27(2)57-42)28(3)38(59-36-23-45(7,56-10)39(52)30(5)58-36)29(4)41(53)47-34(21-31-14-12-11-13-15-31)25-50(24-26)43(54)48-33-18-16-32(46)17-19-33/h11-19,26-30,34-40,42,51-52,55H,20-25H2,1-10H3,(H,47,53)(H,48,54)/t26-,27-,28+,29-,30?,34?,35+,36?,37-,38+,39+,40-,42?,44-,45?/m1/s1. The molecule has 0 spiro atoms. The molecule has 3 fully saturated rings. The average molecular weight is 862 g/mol. The van der Waals surface area contributed by atoms with Gasteiger partial charge in [0.1, 0.15) is 12.2 Å². The number of aliphatic hydroxyl groups excluding tert-OH is 2. The summed E-state index contributed by atoms with van der Waals surface area (Å²) in [4.78, 5) is 32.5. The van der Waals surface area contributed by atoms with Crippen LogP contribution in [0.4, 0.5) is 10.5 Å². The van der Waals surface area contributed by atoms with Gasteiger partial charge in [0, 0.05) is 49.3 Å². The highest BCUT2D eigenvalue weighted by Crippen LogP contribution is 2.39. The second-order valence-electron chi connectivity index (χ2n) is 18.2. The van der Waals surface area contributed by atoms with Crippen LogP contribution in [0.3, 0.4) is 0 Å². The molecule has 5 N–H and O–H groups in total. The van der Waals surface area contributed by atoms with E-state index in [0.29, 0.717) is 23.6 Å². The molecule has 0 bridgehead atoms. The third kappa shape index (κ3) is 12.0. The molecule has 5 unspecified atom stereocenters. The molecule has 3 amide bonds. The summed E-state index contributed by atoms with van der Waals surface area (Å²) in [6, 6.07) is 15.4. The van der Waals surface area contributed by atoms with Gasteiger partial charge < -0.3 is 59.4 Å². The van der Waals surface area contributed by atoms with Crippen molar-refractivity contribution in [3.63, 3.8) is 0 Å². The summed E-state index contributed by atoms with van der Waals surface area (Å²) >= 11 is 6.14. The van der Waals surface area contributed by atoms with Crippen molar-refractivity contribution in [1.29, 1.82) is 0 Å². The molecule has 15 heteroatoms. The van der Waals surface area contributed by atoms with Crippen LogP contribution in [0.1, 0.15) is 73.3 Å². The molecule has 14 nitrogen and oxygen atoms in total. The van der Waals surface area contributed by atoms with Crippen LogP contribution in [0.15, 0.2) is 54.6 Å². The molecule has 5 rings (SSSR count). The number of anilines is 1. The zero-order valence-corrected chi connectivity index (χ0v) is 37.7. The van der Waals surface area contributed by atoms with Crippen LogP contribution in [-0.4, -0.2) is 144 Å². The van der Waals surface area contributed by atoms with Gasteiger partial charge in [0.2, 0.25) is 5.91 Å². The number of likely N-dealkylation sites (N-methyl/N-ethyl adjacent to an activating group) is 1. The van der Waals surface area contributed by atoms with Crippen LogP contribution >= 0.6 is 11.6 Å². The molecule has 3 heterocycles. The molecule has 2 aromatic rings. The normalized spacial score (nSPS) is 38.6. The van der Waals surface area contributed by atoms with Gasteiger partial charge in [0.15, 0.2) is 12.6 Å². The fourth-order valence-electron chi connectivity index (χ4n) is 9.32. The van der Waals surface area contributed by atoms with E-state index in [2.05, 4.69) is 10.6 Å². The van der Waals surface area contributed by atoms with Crippen molar-refractivity contribution in [3.8, 4) is 0 Å². The zero-order valence-electron chi connectivity index (χ0n) is 36.9. The maximum absolute atomic E-state index is 14.7. The van der Waals surface area contributed by atoms with Gasteiger partial charge in [-0.1, -0.05) is 62.7 Å². The van der Waals surface area contributed by atoms with E-state index in [4.69, 9.17) is 35.3 Å². The van der Waals surface area contributed by atoms with Gasteiger partial charge in [-0.2, -0.15) is 0 Å². The van der Waals surface area contributed by atoms with Crippen molar-refractivity contribution in [2.45, 2.75) is 147 Å². The number of ether oxygens (including phenoxy) is 5. The minimum absolute atomic E-state index is 0.152. The Hall–Kier alpha value is -2.89. The number of nitrogens with one attached hydrogen (secondary N) is 2. The number of amides is 3. The number of hydrogen-bond donors (Lipinski definition) is 5. The first-order chi connectivity index (χ1) is 28.2. The number of benzene rings is 2. The SMILES string of the molecule is COC1(C)CC(O[C@H]2[C@H](C)[C@@H](OC3O[C@H](C)C[C@H](N(C)C)[C@H]3O)[C@](C)(O)C[C@@H](C)CN(C(=O)Nc3ccc(Cl)cc3)CC(Cc3ccccc3)NC(=O)[C@@H]2C)OC(C)[C@@H]1O. The fourth-order valence-corrected chi connectivity index (χ4v) is 9.45. The maximum atomic E-state index is 14.7. The van der Waals surface area contributed by atoms with Crippen molar-refractivity contribution in [3.05, 3.63) is 65.2 Å². The minimum atomic E-state index is -1.61. The fraction of sp³-hybridized carbons (Fsp3) is 0.689. The van der Waals surface area contributed by atoms with Crippen molar-refractivity contribution in [2.75, 3.05) is 39.6 Å². The lowest BCUT2D eigenvalue weighted by atomic mass is 9.77. The molecular formula is C45H69ClN4O10. The minimum Gasteiger partial charge on any atom is -0.387 e. The topological polar surface area (TPSA) is 172 Å². The summed E-state index contributed by atoms with van der Waals surface area (Å²) in [7, 11) is 5.31. The average Bonchev–Trinajstić information content (AvgIpc) is 3.19. The quantitative estimate of drug-likeness (QED) is 0.228. The second-order valence-corrected chi connectivity index (χ2v) is 18.7. The number of hydrogen-bond acceptors (Lipinski definition) is 11. The molecule has 0 saturated carbocycles. The molecule has 3 saturated heterocycles. The van der Waals surface area contributed by atoms with E-state index >= 15 is 0 Å². The van der Waals surface area contributed by atoms with Gasteiger partial charge in [0.05, 0.1) is 47.6 Å². The first-order valence-electron chi connectivity index (χ1n) is 21.3. The molecule has 3 aliphatic heterocycles. The van der Waals surface area contributed by atoms with E-state index < -0.39 is 72.2 Å². The molecular weight excluding hydrogens is 792 g/mol. The summed E-state index contributed by atoms with van der Waals surface area (Å²) in [6.45, 7) is 13.1. The van der Waals surface area contributed by atoms with Gasteiger partial charge >= 0.3 is 6.03 Å². The highest BCUT2D eigenvalue weighted by atomic mass is 35.5. The van der Waals surface area contributed by atoms with Gasteiger partial charge in [-0.3, -0.25) is 4.79 Å². The van der Waals surface area contributed by atoms with E-state index in [9.17, 15) is 24.9 Å². The zero-order chi connectivity index (χ0) is 44.1. The molecule has 0 aromatic heterocycles. The van der Waals surface area contributed by atoms with E-state index in [1.54, 1.807) is 56.9 Å². The van der Waals surface area contributed by atoms with Crippen LogP contribution in [0.5, 0.6) is 0 Å². The maximum Gasteiger partial charge on any atom is 0.321 e. The third-order valence-corrected chi connectivity index (χ3v) is 12.9. The monoisotopic (exact) mass is 860 g/mol. The summed E-state index contributed by atoms with van der Waals surface area (Å²) in [5, 5.41) is 42.2. The first kappa shape index (κ1) is 48.1. The van der Waals surface area contributed by atoms with Crippen LogP contribution in [0.2, 0.25) is 5.02 Å². The van der Waals surface area contributed by atoms with E-state index in [-0.39, 0.29) is 55.9 Å². The number of carbonyl (C=O) groups is 2. The molecule has 60 heavy (non-hydrogen) atoms. The predicted molar refractivity (Wildman–Crippen MR) is 229 cm³/mol. The number of urea groups is 1. The molecule has 0 radical (unpaired) electrons. The van der Waals surface area contributed by atoms with Gasteiger partial charge in [-0.15, -0.1) is 0 Å². The first-order valence-corrected chi connectivity index (χ1v) is 21.7. The lowest BCUT2D eigenvalue weighted by Crippen LogP contribution is -2.60. The van der Waals surface area contributed by atoms with Crippen LogP contribution < -0.4 is 10.6 Å². The van der Waals surface area contributed by atoms with E-state index in [1.807, 2.05) is 70.1 Å². The lowest BCUT2D eigenvalue weighted by Gasteiger charge is -2.48. The van der Waals surface area contributed by atoms with Crippen LogP contribution in [0, 0.1) is 17.8 Å². The molecule has 3 aliphatic rings. The summed E-state index contributed by atoms with van der Waals surface area (Å²) in [6.07, 6.45) is -5.61. The Balaban J connectivity index is 1.57. The third-order valence-electron chi connectivity index (χ3n) is 12.6. The Morgan fingerprint density at radius 2 is 1.65 bits per heavy atom. The number of rotatable bonds is 9. The number of aliphatic hydroxyl groups is 3. The number of methoxy groups -OCH3 is 1. The van der Waals surface area contributed by atoms with Crippen molar-refractivity contribution >= 4 is 29.2 Å². The number of carbonyl (C=O) groups excluding carboxylic acids is 2. The van der Waals surface area contributed by atoms with E-state index in [1.165, 1.54) is 7.11 Å². The number of halogens is 1. The Morgan fingerprint density at radius 1 is 0.983 bits per heavy atom. The predicted octanol–water partition coefficient (Wildman–Crippen LogP) is 5.06. The smallest absolute Gasteiger partial charge is 0.321 e. The largest absolute Gasteiger partial charge is 0.387 e. The van der Waals surface area contributed by atoms with Crippen LogP contribution in [-0.2, 0) is 34.9 Å². The Morgan fingerprint density at radius 3 is 2.28 bits per heavy atom. The van der Waals surface area contributed by atoms with Gasteiger partial charge in [-0.05, 0) is 96.8 Å². The Bertz CT molecular complexity index is 1690. The highest BCUT2D eigenvalue weighted by molar-refractivity contribution is 6.30. The molecule has 15 atom stereocenters. The molecule has 0 aliphatic carbocycles. The van der Waals surface area contributed by atoms with Crippen molar-refractivity contribution in [1.82, 2.24) is 15.1 Å². The summed E-state index contributed by atoms with van der Waals surface area (Å²) in [5.74, 6) is -2.21. The Labute approximate surface area is 361 Å². The van der Waals surface area contributed by atoms with E-state index in [0.717, 1.165) is 5.56 Å². The van der Waals surface area contributed by atoms with Crippen molar-refractivity contribution in [2.24, 2.45) is 17.8 Å². The molecule has 336 valence electrons. The van der Waals surface area contributed by atoms with Crippen LogP contribution in [0.25, 0.3) is 0 Å². The molecule has 2 aromatic carbocycles. The number of nitrogens with zero attached hydrogens (tertiary/aromatic N) is 2. The Kier molecular flexibility index (Phi) is 16.5. The highest BCUT2D eigenvalue weighted by Gasteiger charge is 2.51. The van der Waals surface area contributed by atoms with Gasteiger partial charge in [0.25, 0.3) is 0 Å².